The van der Waals surface area contributed by atoms with Gasteiger partial charge in [0.1, 0.15) is 6.61 Å². The molecule has 1 aliphatic rings. The highest BCUT2D eigenvalue weighted by Gasteiger charge is 2.14. The lowest BCUT2D eigenvalue weighted by Crippen LogP contribution is -2.14. The molecule has 30 heavy (non-hydrogen) atoms. The molecule has 3 aromatic carbocycles. The maximum Gasteiger partial charge on any atom is 0.231 e. The molecule has 3 aromatic rings. The Morgan fingerprint density at radius 1 is 0.833 bits per heavy atom. The highest BCUT2D eigenvalue weighted by molar-refractivity contribution is 5.85. The number of ether oxygens (including phenoxy) is 4. The molecule has 1 N–H and O–H groups in total. The van der Waals surface area contributed by atoms with E-state index in [4.69, 9.17) is 18.9 Å². The van der Waals surface area contributed by atoms with E-state index in [1.54, 1.807) is 0 Å². The van der Waals surface area contributed by atoms with E-state index in [9.17, 15) is 0 Å². The molecule has 0 aromatic heterocycles. The van der Waals surface area contributed by atoms with Crippen LogP contribution in [0.2, 0.25) is 0 Å². The minimum Gasteiger partial charge on any atom is -0.490 e. The van der Waals surface area contributed by atoms with E-state index >= 15 is 0 Å². The molecular weight excluding hydrogens is 402 g/mol. The van der Waals surface area contributed by atoms with E-state index in [-0.39, 0.29) is 12.4 Å². The van der Waals surface area contributed by atoms with Crippen molar-refractivity contribution in [1.82, 2.24) is 5.32 Å². The van der Waals surface area contributed by atoms with Gasteiger partial charge >= 0.3 is 0 Å². The van der Waals surface area contributed by atoms with Crippen LogP contribution in [0.4, 0.5) is 0 Å². The minimum absolute atomic E-state index is 0. The van der Waals surface area contributed by atoms with Gasteiger partial charge in [-0.2, -0.15) is 0 Å². The number of nitrogens with one attached hydrogen (secondary N) is 1. The van der Waals surface area contributed by atoms with Gasteiger partial charge in [-0.25, -0.2) is 0 Å². The summed E-state index contributed by atoms with van der Waals surface area (Å²) < 4.78 is 22.8. The molecule has 158 valence electrons. The number of halogens is 1. The third kappa shape index (κ3) is 5.38. The number of benzene rings is 3. The van der Waals surface area contributed by atoms with E-state index in [1.807, 2.05) is 55.5 Å². The lowest BCUT2D eigenvalue weighted by Gasteiger charge is -2.16. The van der Waals surface area contributed by atoms with E-state index in [0.29, 0.717) is 33.1 Å². The highest BCUT2D eigenvalue weighted by Crippen LogP contribution is 2.33. The van der Waals surface area contributed by atoms with Crippen molar-refractivity contribution in [3.05, 3.63) is 83.4 Å². The quantitative estimate of drug-likeness (QED) is 0.514. The zero-order chi connectivity index (χ0) is 19.9. The largest absolute Gasteiger partial charge is 0.490 e. The molecule has 0 spiro atoms. The van der Waals surface area contributed by atoms with Crippen LogP contribution < -0.4 is 24.3 Å². The fraction of sp³-hybridized carbons (Fsp3) is 0.250. The molecule has 1 heterocycles. The van der Waals surface area contributed by atoms with Gasteiger partial charge in [0.15, 0.2) is 23.0 Å². The van der Waals surface area contributed by atoms with Gasteiger partial charge in [-0.3, -0.25) is 0 Å². The first kappa shape index (κ1) is 21.8. The van der Waals surface area contributed by atoms with Crippen molar-refractivity contribution in [1.29, 1.82) is 0 Å². The summed E-state index contributed by atoms with van der Waals surface area (Å²) in [6.45, 7) is 4.74. The molecule has 0 fully saturated rings. The SMILES string of the molecule is CCOc1cccc(CNCc2ccc3c(c2)OCO3)c1OCc1ccccc1.Cl. The number of hydrogen-bond acceptors (Lipinski definition) is 5. The van der Waals surface area contributed by atoms with Crippen LogP contribution in [0.15, 0.2) is 66.7 Å². The Bertz CT molecular complexity index is 949. The molecule has 0 amide bonds. The van der Waals surface area contributed by atoms with E-state index in [1.165, 1.54) is 0 Å². The van der Waals surface area contributed by atoms with E-state index in [0.717, 1.165) is 39.7 Å². The second-order valence-corrected chi connectivity index (χ2v) is 6.74. The van der Waals surface area contributed by atoms with Gasteiger partial charge in [0.05, 0.1) is 6.61 Å². The summed E-state index contributed by atoms with van der Waals surface area (Å²) in [6.07, 6.45) is 0. The molecule has 5 nitrogen and oxygen atoms in total. The standard InChI is InChI=1S/C24H25NO4.ClH/c1-2-26-22-10-6-9-20(24(22)27-16-18-7-4-3-5-8-18)15-25-14-19-11-12-21-23(13-19)29-17-28-21;/h3-13,25H,2,14-17H2,1H3;1H. The van der Waals surface area contributed by atoms with Crippen LogP contribution in [0.5, 0.6) is 23.0 Å². The molecule has 0 saturated carbocycles. The topological polar surface area (TPSA) is 49.0 Å². The number of para-hydroxylation sites is 1. The average Bonchev–Trinajstić information content (AvgIpc) is 3.22. The summed E-state index contributed by atoms with van der Waals surface area (Å²) in [7, 11) is 0. The van der Waals surface area contributed by atoms with Crippen LogP contribution in [0.3, 0.4) is 0 Å². The molecule has 0 radical (unpaired) electrons. The number of fused-ring (bicyclic) bond motifs is 1. The van der Waals surface area contributed by atoms with Gasteiger partial charge in [0.2, 0.25) is 6.79 Å². The van der Waals surface area contributed by atoms with Gasteiger partial charge in [-0.05, 0) is 36.2 Å². The Morgan fingerprint density at radius 2 is 1.67 bits per heavy atom. The van der Waals surface area contributed by atoms with E-state index in [2.05, 4.69) is 23.5 Å². The molecule has 4 rings (SSSR count). The zero-order valence-corrected chi connectivity index (χ0v) is 17.7. The Kier molecular flexibility index (Phi) is 7.82. The molecule has 0 atom stereocenters. The van der Waals surface area contributed by atoms with Crippen molar-refractivity contribution >= 4 is 12.4 Å². The van der Waals surface area contributed by atoms with Crippen molar-refractivity contribution in [3.63, 3.8) is 0 Å². The number of hydrogen-bond donors (Lipinski definition) is 1. The Hall–Kier alpha value is -2.89. The Morgan fingerprint density at radius 3 is 2.50 bits per heavy atom. The predicted octanol–water partition coefficient (Wildman–Crippen LogP) is 5.10. The zero-order valence-electron chi connectivity index (χ0n) is 16.9. The maximum atomic E-state index is 6.17. The summed E-state index contributed by atoms with van der Waals surface area (Å²) in [5.74, 6) is 3.16. The lowest BCUT2D eigenvalue weighted by molar-refractivity contribution is 0.174. The third-order valence-corrected chi connectivity index (χ3v) is 4.67. The van der Waals surface area contributed by atoms with Crippen molar-refractivity contribution in [2.24, 2.45) is 0 Å². The summed E-state index contributed by atoms with van der Waals surface area (Å²) in [5.41, 5.74) is 3.33. The summed E-state index contributed by atoms with van der Waals surface area (Å²) in [5, 5.41) is 3.49. The van der Waals surface area contributed by atoms with Crippen LogP contribution >= 0.6 is 12.4 Å². The molecule has 0 unspecified atom stereocenters. The first-order valence-corrected chi connectivity index (χ1v) is 9.84. The lowest BCUT2D eigenvalue weighted by atomic mass is 10.1. The van der Waals surface area contributed by atoms with Crippen LogP contribution in [0.1, 0.15) is 23.6 Å². The Balaban J connectivity index is 0.00000256. The van der Waals surface area contributed by atoms with Crippen molar-refractivity contribution in [2.75, 3.05) is 13.4 Å². The van der Waals surface area contributed by atoms with Gasteiger partial charge in [0, 0.05) is 18.7 Å². The van der Waals surface area contributed by atoms with Crippen LogP contribution in [-0.2, 0) is 19.7 Å². The fourth-order valence-corrected chi connectivity index (χ4v) is 3.26. The second-order valence-electron chi connectivity index (χ2n) is 6.74. The van der Waals surface area contributed by atoms with Crippen molar-refractivity contribution < 1.29 is 18.9 Å². The fourth-order valence-electron chi connectivity index (χ4n) is 3.26. The van der Waals surface area contributed by atoms with Crippen molar-refractivity contribution in [3.8, 4) is 23.0 Å². The predicted molar refractivity (Wildman–Crippen MR) is 119 cm³/mol. The normalized spacial score (nSPS) is 11.6. The first-order chi connectivity index (χ1) is 14.3. The van der Waals surface area contributed by atoms with Crippen LogP contribution in [-0.4, -0.2) is 13.4 Å². The smallest absolute Gasteiger partial charge is 0.231 e. The van der Waals surface area contributed by atoms with Gasteiger partial charge in [0.25, 0.3) is 0 Å². The van der Waals surface area contributed by atoms with Crippen molar-refractivity contribution in [2.45, 2.75) is 26.6 Å². The molecule has 0 bridgehead atoms. The summed E-state index contributed by atoms with van der Waals surface area (Å²) in [6, 6.07) is 22.2. The average molecular weight is 428 g/mol. The molecular formula is C24H26ClNO4. The summed E-state index contributed by atoms with van der Waals surface area (Å²) >= 11 is 0. The minimum atomic E-state index is 0. The first-order valence-electron chi connectivity index (χ1n) is 9.84. The van der Waals surface area contributed by atoms with Gasteiger partial charge < -0.3 is 24.3 Å². The van der Waals surface area contributed by atoms with Crippen LogP contribution in [0.25, 0.3) is 0 Å². The monoisotopic (exact) mass is 427 g/mol. The highest BCUT2D eigenvalue weighted by atomic mass is 35.5. The molecule has 1 aliphatic heterocycles. The maximum absolute atomic E-state index is 6.17. The van der Waals surface area contributed by atoms with Gasteiger partial charge in [-0.1, -0.05) is 48.5 Å². The third-order valence-electron chi connectivity index (χ3n) is 4.67. The molecule has 0 saturated heterocycles. The number of rotatable bonds is 9. The van der Waals surface area contributed by atoms with Crippen LogP contribution in [0, 0.1) is 0 Å². The van der Waals surface area contributed by atoms with Gasteiger partial charge in [-0.15, -0.1) is 12.4 Å². The second kappa shape index (κ2) is 10.8. The summed E-state index contributed by atoms with van der Waals surface area (Å²) in [4.78, 5) is 0. The molecule has 6 heteroatoms. The van der Waals surface area contributed by atoms with E-state index < -0.39 is 0 Å². The Labute approximate surface area is 183 Å². The molecule has 0 aliphatic carbocycles.